The van der Waals surface area contributed by atoms with E-state index in [4.69, 9.17) is 0 Å². The standard InChI is InChI=1S/C17H15F6NO/c1-24(2)12-9-7-11(8-10-12)15(25,17(21,22)23)13-5-3-4-6-14(13)16(18,19)20/h3-10,25H,1-2H3. The third kappa shape index (κ3) is 3.44. The molecule has 2 rings (SSSR count). The van der Waals surface area contributed by atoms with E-state index in [1.54, 1.807) is 19.0 Å². The number of benzene rings is 2. The van der Waals surface area contributed by atoms with Crippen molar-refractivity contribution in [2.75, 3.05) is 19.0 Å². The molecule has 2 nitrogen and oxygen atoms in total. The van der Waals surface area contributed by atoms with Crippen molar-refractivity contribution >= 4 is 5.69 Å². The van der Waals surface area contributed by atoms with Crippen LogP contribution in [0.15, 0.2) is 48.5 Å². The lowest BCUT2D eigenvalue weighted by molar-refractivity contribution is -0.250. The first-order valence-electron chi connectivity index (χ1n) is 7.12. The Bertz CT molecular complexity index is 736. The molecule has 0 aromatic heterocycles. The van der Waals surface area contributed by atoms with Crippen LogP contribution in [-0.4, -0.2) is 25.4 Å². The maximum Gasteiger partial charge on any atom is 0.425 e. The zero-order chi connectivity index (χ0) is 19.0. The minimum Gasteiger partial charge on any atom is -0.378 e. The third-order valence-electron chi connectivity index (χ3n) is 3.83. The second-order valence-electron chi connectivity index (χ2n) is 5.69. The molecular formula is C17H15F6NO. The number of aliphatic hydroxyl groups is 1. The first-order valence-corrected chi connectivity index (χ1v) is 7.12. The Labute approximate surface area is 140 Å². The van der Waals surface area contributed by atoms with Crippen LogP contribution in [-0.2, 0) is 11.8 Å². The van der Waals surface area contributed by atoms with Crippen LogP contribution in [0.2, 0.25) is 0 Å². The summed E-state index contributed by atoms with van der Waals surface area (Å²) >= 11 is 0. The number of hydrogen-bond acceptors (Lipinski definition) is 2. The molecule has 2 aromatic rings. The Morgan fingerprint density at radius 1 is 0.760 bits per heavy atom. The van der Waals surface area contributed by atoms with Gasteiger partial charge in [-0.05, 0) is 23.8 Å². The van der Waals surface area contributed by atoms with Crippen molar-refractivity contribution < 1.29 is 31.4 Å². The molecule has 0 aliphatic heterocycles. The molecule has 2 aromatic carbocycles. The fraction of sp³-hybridized carbons (Fsp3) is 0.294. The van der Waals surface area contributed by atoms with Crippen LogP contribution in [0.4, 0.5) is 32.0 Å². The number of rotatable bonds is 3. The average Bonchev–Trinajstić information content (AvgIpc) is 2.52. The minimum absolute atomic E-state index is 0.514. The van der Waals surface area contributed by atoms with Crippen LogP contribution in [0.25, 0.3) is 0 Å². The molecule has 8 heteroatoms. The molecule has 0 saturated heterocycles. The summed E-state index contributed by atoms with van der Waals surface area (Å²) in [6.45, 7) is 0. The van der Waals surface area contributed by atoms with Crippen LogP contribution < -0.4 is 4.90 Å². The summed E-state index contributed by atoms with van der Waals surface area (Å²) in [6, 6.07) is 7.67. The lowest BCUT2D eigenvalue weighted by Gasteiger charge is -2.33. The molecular weight excluding hydrogens is 348 g/mol. The van der Waals surface area contributed by atoms with E-state index in [9.17, 15) is 31.4 Å². The van der Waals surface area contributed by atoms with Gasteiger partial charge in [0.1, 0.15) is 0 Å². The molecule has 0 fully saturated rings. The Morgan fingerprint density at radius 2 is 1.24 bits per heavy atom. The minimum atomic E-state index is -5.35. The van der Waals surface area contributed by atoms with Gasteiger partial charge < -0.3 is 10.0 Å². The second kappa shape index (κ2) is 6.25. The first-order chi connectivity index (χ1) is 11.4. The third-order valence-corrected chi connectivity index (χ3v) is 3.83. The molecule has 0 bridgehead atoms. The van der Waals surface area contributed by atoms with E-state index in [0.29, 0.717) is 17.8 Å². The Kier molecular flexibility index (Phi) is 4.78. The maximum atomic E-state index is 13.7. The van der Waals surface area contributed by atoms with Gasteiger partial charge in [0.2, 0.25) is 5.60 Å². The molecule has 0 aliphatic carbocycles. The van der Waals surface area contributed by atoms with Crippen molar-refractivity contribution in [3.63, 3.8) is 0 Å². The van der Waals surface area contributed by atoms with Gasteiger partial charge in [-0.25, -0.2) is 0 Å². The topological polar surface area (TPSA) is 23.5 Å². The molecule has 0 saturated carbocycles. The van der Waals surface area contributed by atoms with E-state index in [1.807, 2.05) is 0 Å². The van der Waals surface area contributed by atoms with Crippen molar-refractivity contribution in [3.05, 3.63) is 65.2 Å². The number of nitrogens with zero attached hydrogens (tertiary/aromatic N) is 1. The molecule has 1 atom stereocenters. The second-order valence-corrected chi connectivity index (χ2v) is 5.69. The zero-order valence-corrected chi connectivity index (χ0v) is 13.3. The van der Waals surface area contributed by atoms with Gasteiger partial charge in [-0.15, -0.1) is 0 Å². The van der Waals surface area contributed by atoms with Crippen LogP contribution in [0, 0.1) is 0 Å². The van der Waals surface area contributed by atoms with Gasteiger partial charge in [0.05, 0.1) is 5.56 Å². The van der Waals surface area contributed by atoms with Crippen LogP contribution in [0.1, 0.15) is 16.7 Å². The molecule has 0 aliphatic rings. The van der Waals surface area contributed by atoms with Gasteiger partial charge in [-0.1, -0.05) is 30.3 Å². The summed E-state index contributed by atoms with van der Waals surface area (Å²) in [5.74, 6) is 0. The summed E-state index contributed by atoms with van der Waals surface area (Å²) < 4.78 is 80.5. The van der Waals surface area contributed by atoms with Crippen molar-refractivity contribution in [2.24, 2.45) is 0 Å². The van der Waals surface area contributed by atoms with E-state index in [1.165, 1.54) is 12.1 Å². The smallest absolute Gasteiger partial charge is 0.378 e. The monoisotopic (exact) mass is 363 g/mol. The fourth-order valence-electron chi connectivity index (χ4n) is 2.52. The molecule has 0 amide bonds. The molecule has 136 valence electrons. The largest absolute Gasteiger partial charge is 0.425 e. The van der Waals surface area contributed by atoms with Crippen LogP contribution in [0.3, 0.4) is 0 Å². The average molecular weight is 363 g/mol. The number of anilines is 1. The maximum absolute atomic E-state index is 13.7. The van der Waals surface area contributed by atoms with E-state index < -0.39 is 34.6 Å². The molecule has 0 spiro atoms. The summed E-state index contributed by atoms with van der Waals surface area (Å²) in [4.78, 5) is 1.61. The quantitative estimate of drug-likeness (QED) is 0.808. The molecule has 1 unspecified atom stereocenters. The highest BCUT2D eigenvalue weighted by Gasteiger charge is 2.58. The van der Waals surface area contributed by atoms with Gasteiger partial charge in [-0.3, -0.25) is 0 Å². The van der Waals surface area contributed by atoms with Gasteiger partial charge in [0, 0.05) is 25.3 Å². The SMILES string of the molecule is CN(C)c1ccc(C(O)(c2ccccc2C(F)(F)F)C(F)(F)F)cc1. The highest BCUT2D eigenvalue weighted by Crippen LogP contribution is 2.48. The molecule has 0 radical (unpaired) electrons. The Hall–Kier alpha value is -2.22. The predicted molar refractivity (Wildman–Crippen MR) is 81.3 cm³/mol. The molecule has 1 N–H and O–H groups in total. The number of hydrogen-bond donors (Lipinski definition) is 1. The van der Waals surface area contributed by atoms with Crippen LogP contribution >= 0.6 is 0 Å². The van der Waals surface area contributed by atoms with Crippen molar-refractivity contribution in [2.45, 2.75) is 18.0 Å². The fourth-order valence-corrected chi connectivity index (χ4v) is 2.52. The lowest BCUT2D eigenvalue weighted by Crippen LogP contribution is -2.44. The van der Waals surface area contributed by atoms with Gasteiger partial charge in [0.15, 0.2) is 0 Å². The van der Waals surface area contributed by atoms with Crippen molar-refractivity contribution in [1.82, 2.24) is 0 Å². The first kappa shape index (κ1) is 19.1. The highest BCUT2D eigenvalue weighted by atomic mass is 19.4. The van der Waals surface area contributed by atoms with Gasteiger partial charge in [0.25, 0.3) is 0 Å². The summed E-state index contributed by atoms with van der Waals surface area (Å²) in [7, 11) is 3.31. The highest BCUT2D eigenvalue weighted by molar-refractivity contribution is 5.50. The summed E-state index contributed by atoms with van der Waals surface area (Å²) in [6.07, 6.45) is -10.4. The Balaban J connectivity index is 2.73. The normalized spacial score (nSPS) is 14.9. The van der Waals surface area contributed by atoms with Gasteiger partial charge >= 0.3 is 12.4 Å². The number of alkyl halides is 6. The van der Waals surface area contributed by atoms with E-state index in [-0.39, 0.29) is 0 Å². The zero-order valence-electron chi connectivity index (χ0n) is 13.3. The number of halogens is 6. The van der Waals surface area contributed by atoms with Gasteiger partial charge in [-0.2, -0.15) is 26.3 Å². The van der Waals surface area contributed by atoms with Crippen molar-refractivity contribution in [1.29, 1.82) is 0 Å². The lowest BCUT2D eigenvalue weighted by atomic mass is 9.82. The molecule has 0 heterocycles. The molecule has 25 heavy (non-hydrogen) atoms. The summed E-state index contributed by atoms with van der Waals surface area (Å²) in [5, 5.41) is 10.4. The van der Waals surface area contributed by atoms with E-state index >= 15 is 0 Å². The predicted octanol–water partition coefficient (Wildman–Crippen LogP) is 4.57. The van der Waals surface area contributed by atoms with E-state index in [2.05, 4.69) is 0 Å². The Morgan fingerprint density at radius 3 is 1.64 bits per heavy atom. The van der Waals surface area contributed by atoms with E-state index in [0.717, 1.165) is 24.3 Å². The summed E-state index contributed by atoms with van der Waals surface area (Å²) in [5.41, 5.74) is -6.73. The van der Waals surface area contributed by atoms with Crippen LogP contribution in [0.5, 0.6) is 0 Å². The van der Waals surface area contributed by atoms with Crippen molar-refractivity contribution in [3.8, 4) is 0 Å².